The number of anilines is 1. The summed E-state index contributed by atoms with van der Waals surface area (Å²) in [6, 6.07) is 12.0. The molecule has 0 radical (unpaired) electrons. The van der Waals surface area contributed by atoms with E-state index in [9.17, 15) is 24.4 Å². The molecular weight excluding hydrogens is 720 g/mol. The van der Waals surface area contributed by atoms with Crippen LogP contribution in [0.15, 0.2) is 47.4 Å². The molecule has 1 unspecified atom stereocenters. The lowest BCUT2D eigenvalue weighted by molar-refractivity contribution is -0.199. The Labute approximate surface area is 324 Å². The molecule has 5 heterocycles. The Morgan fingerprint density at radius 3 is 2.40 bits per heavy atom. The maximum atomic E-state index is 13.7. The summed E-state index contributed by atoms with van der Waals surface area (Å²) in [6.07, 6.45) is 3.86. The van der Waals surface area contributed by atoms with Crippen molar-refractivity contribution >= 4 is 35.0 Å². The Bertz CT molecular complexity index is 2240. The highest BCUT2D eigenvalue weighted by atomic mass is 35.5. The summed E-state index contributed by atoms with van der Waals surface area (Å²) in [5.41, 5.74) is 2.10. The van der Waals surface area contributed by atoms with Crippen LogP contribution in [0.4, 0.5) is 5.69 Å². The van der Waals surface area contributed by atoms with E-state index in [-0.39, 0.29) is 59.1 Å². The monoisotopic (exact) mass is 762 g/mol. The number of piperazine rings is 1. The summed E-state index contributed by atoms with van der Waals surface area (Å²) in [5, 5.41) is 16.2. The quantitative estimate of drug-likeness (QED) is 0.289. The smallest absolute Gasteiger partial charge is 0.269 e. The summed E-state index contributed by atoms with van der Waals surface area (Å²) in [6.45, 7) is 12.2. The molecule has 2 aliphatic carbocycles. The maximum Gasteiger partial charge on any atom is 0.269 e. The molecule has 14 heteroatoms. The van der Waals surface area contributed by atoms with Crippen molar-refractivity contribution in [3.05, 3.63) is 80.5 Å². The molecule has 1 N–H and O–H groups in total. The number of nitriles is 1. The third kappa shape index (κ3) is 6.53. The average molecular weight is 763 g/mol. The van der Waals surface area contributed by atoms with E-state index < -0.39 is 11.9 Å². The van der Waals surface area contributed by atoms with Gasteiger partial charge in [-0.15, -0.1) is 0 Å². The fourth-order valence-electron chi connectivity index (χ4n) is 9.75. The second-order valence-electron chi connectivity index (χ2n) is 16.5. The fraction of sp³-hybridized carbons (Fsp3) is 0.488. The zero-order valence-corrected chi connectivity index (χ0v) is 32.1. The number of nitrogens with zero attached hydrogens (tertiary/aromatic N) is 7. The number of fused-ring (bicyclic) bond motifs is 1. The van der Waals surface area contributed by atoms with Crippen LogP contribution >= 0.6 is 11.6 Å². The summed E-state index contributed by atoms with van der Waals surface area (Å²) < 4.78 is 7.62. The first-order valence-corrected chi connectivity index (χ1v) is 19.2. The number of halogens is 1. The zero-order chi connectivity index (χ0) is 38.8. The Morgan fingerprint density at radius 2 is 1.73 bits per heavy atom. The third-order valence-electron chi connectivity index (χ3n) is 12.2. The number of aromatic nitrogens is 3. The van der Waals surface area contributed by atoms with Crippen molar-refractivity contribution in [3.63, 3.8) is 0 Å². The number of pyridine rings is 1. The number of nitrogens with one attached hydrogen (secondary N) is 1. The molecule has 284 valence electrons. The standard InChI is InChI=1S/C41H43ClN8O5/c1-40(2)38(41(3,4)39(40)55-29-9-6-25(21-43)31(42)20-29)49-23-32-30(37(49)54)10-8-26(45-32)7-5-24-17-27(18-24)47-13-15-48(16-14-47)28-19-35(52)50(44-22-28)33-11-12-34(51)46-36(33)53/h6,8-10,19-20,22,24,27,33,38-39H,11-18,23H2,1-4H3,(H,46,51,53). The van der Waals surface area contributed by atoms with Gasteiger partial charge in [-0.2, -0.15) is 10.4 Å². The van der Waals surface area contributed by atoms with Crippen molar-refractivity contribution in [3.8, 4) is 23.7 Å². The number of imide groups is 1. The minimum absolute atomic E-state index is 0.0252. The van der Waals surface area contributed by atoms with Crippen LogP contribution in [0.5, 0.6) is 5.75 Å². The molecular formula is C41H43ClN8O5. The van der Waals surface area contributed by atoms with Crippen molar-refractivity contribution in [1.82, 2.24) is 29.9 Å². The fourth-order valence-corrected chi connectivity index (χ4v) is 9.96. The van der Waals surface area contributed by atoms with Gasteiger partial charge in [0.25, 0.3) is 17.4 Å². The highest BCUT2D eigenvalue weighted by Gasteiger charge is 2.67. The molecule has 5 aliphatic rings. The topological polar surface area (TPSA) is 154 Å². The molecule has 0 bridgehead atoms. The number of hydrogen-bond acceptors (Lipinski definition) is 10. The molecule has 2 saturated heterocycles. The van der Waals surface area contributed by atoms with E-state index in [1.165, 1.54) is 10.7 Å². The van der Waals surface area contributed by atoms with Crippen LogP contribution in [0.25, 0.3) is 0 Å². The van der Waals surface area contributed by atoms with Crippen LogP contribution in [-0.2, 0) is 16.1 Å². The lowest BCUT2D eigenvalue weighted by Crippen LogP contribution is -2.74. The van der Waals surface area contributed by atoms with E-state index >= 15 is 0 Å². The normalized spacial score (nSPS) is 26.8. The lowest BCUT2D eigenvalue weighted by Gasteiger charge is -2.65. The minimum atomic E-state index is -0.768. The van der Waals surface area contributed by atoms with Crippen LogP contribution in [0.1, 0.15) is 86.7 Å². The molecule has 2 aromatic heterocycles. The molecule has 13 nitrogen and oxygen atoms in total. The van der Waals surface area contributed by atoms with Gasteiger partial charge in [-0.05, 0) is 49.4 Å². The van der Waals surface area contributed by atoms with Crippen LogP contribution < -0.4 is 20.5 Å². The molecule has 0 spiro atoms. The molecule has 3 amide bonds. The summed E-state index contributed by atoms with van der Waals surface area (Å²) in [4.78, 5) is 61.7. The van der Waals surface area contributed by atoms with Gasteiger partial charge in [0, 0.05) is 73.6 Å². The number of rotatable bonds is 6. The molecule has 55 heavy (non-hydrogen) atoms. The van der Waals surface area contributed by atoms with Crippen molar-refractivity contribution in [2.24, 2.45) is 16.7 Å². The van der Waals surface area contributed by atoms with Gasteiger partial charge < -0.3 is 14.5 Å². The predicted molar refractivity (Wildman–Crippen MR) is 203 cm³/mol. The average Bonchev–Trinajstić information content (AvgIpc) is 3.44. The van der Waals surface area contributed by atoms with E-state index in [0.717, 1.165) is 50.4 Å². The van der Waals surface area contributed by atoms with Crippen LogP contribution in [0.2, 0.25) is 5.02 Å². The number of carbonyl (C=O) groups excluding carboxylic acids is 3. The lowest BCUT2D eigenvalue weighted by atomic mass is 9.49. The van der Waals surface area contributed by atoms with Crippen molar-refractivity contribution < 1.29 is 19.1 Å². The highest BCUT2D eigenvalue weighted by molar-refractivity contribution is 6.31. The van der Waals surface area contributed by atoms with Crippen LogP contribution in [0.3, 0.4) is 0 Å². The Balaban J connectivity index is 0.837. The van der Waals surface area contributed by atoms with E-state index in [2.05, 4.69) is 65.8 Å². The van der Waals surface area contributed by atoms with Crippen LogP contribution in [-0.4, -0.2) is 86.7 Å². The van der Waals surface area contributed by atoms with E-state index in [4.69, 9.17) is 21.3 Å². The molecule has 1 aromatic carbocycles. The van der Waals surface area contributed by atoms with Crippen LogP contribution in [0, 0.1) is 39.9 Å². The number of amides is 3. The highest BCUT2D eigenvalue weighted by Crippen LogP contribution is 2.59. The minimum Gasteiger partial charge on any atom is -0.489 e. The number of benzene rings is 1. The second kappa shape index (κ2) is 13.8. The largest absolute Gasteiger partial charge is 0.489 e. The van der Waals surface area contributed by atoms with E-state index in [1.54, 1.807) is 24.4 Å². The first-order chi connectivity index (χ1) is 26.2. The van der Waals surface area contributed by atoms with E-state index in [1.807, 2.05) is 17.0 Å². The number of piperidine rings is 1. The summed E-state index contributed by atoms with van der Waals surface area (Å²) >= 11 is 6.27. The van der Waals surface area contributed by atoms with Gasteiger partial charge in [0.15, 0.2) is 0 Å². The molecule has 3 aliphatic heterocycles. The Hall–Kier alpha value is -5.24. The van der Waals surface area contributed by atoms with Crippen molar-refractivity contribution in [1.29, 1.82) is 5.26 Å². The zero-order valence-electron chi connectivity index (χ0n) is 31.3. The molecule has 4 fully saturated rings. The first-order valence-electron chi connectivity index (χ1n) is 18.8. The van der Waals surface area contributed by atoms with Gasteiger partial charge in [-0.1, -0.05) is 45.2 Å². The number of carbonyl (C=O) groups is 3. The molecule has 1 atom stereocenters. The molecule has 8 rings (SSSR count). The van der Waals surface area contributed by atoms with Gasteiger partial charge in [-0.25, -0.2) is 9.67 Å². The van der Waals surface area contributed by atoms with Gasteiger partial charge in [0.05, 0.1) is 40.3 Å². The third-order valence-corrected chi connectivity index (χ3v) is 12.5. The number of ether oxygens (including phenoxy) is 1. The second-order valence-corrected chi connectivity index (χ2v) is 16.9. The van der Waals surface area contributed by atoms with Crippen molar-refractivity contribution in [2.45, 2.75) is 84.2 Å². The summed E-state index contributed by atoms with van der Waals surface area (Å²) in [7, 11) is 0. The van der Waals surface area contributed by atoms with Gasteiger partial charge in [-0.3, -0.25) is 29.4 Å². The van der Waals surface area contributed by atoms with Crippen molar-refractivity contribution in [2.75, 3.05) is 31.1 Å². The van der Waals surface area contributed by atoms with Gasteiger partial charge >= 0.3 is 0 Å². The molecule has 2 saturated carbocycles. The Morgan fingerprint density at radius 1 is 0.982 bits per heavy atom. The van der Waals surface area contributed by atoms with Gasteiger partial charge in [0.1, 0.15) is 29.7 Å². The SMILES string of the molecule is CC1(C)C(Oc2ccc(C#N)c(Cl)c2)C(C)(C)C1N1Cc2nc(C#CC3CC(N4CCN(c5cnn(C6CCC(=O)NC6=O)c(=O)c5)CC4)C3)ccc2C1=O. The summed E-state index contributed by atoms with van der Waals surface area (Å²) in [5.74, 6) is 6.74. The van der Waals surface area contributed by atoms with Gasteiger partial charge in [0.2, 0.25) is 5.91 Å². The molecule has 3 aromatic rings. The Kier molecular flexibility index (Phi) is 9.22. The van der Waals surface area contributed by atoms with E-state index in [0.29, 0.717) is 40.2 Å². The first kappa shape index (κ1) is 36.7. The number of hydrogen-bond donors (Lipinski definition) is 1. The maximum absolute atomic E-state index is 13.7. The predicted octanol–water partition coefficient (Wildman–Crippen LogP) is 3.93.